The first-order chi connectivity index (χ1) is 10.1. The predicted octanol–water partition coefficient (Wildman–Crippen LogP) is 3.84. The Kier molecular flexibility index (Phi) is 3.76. The van der Waals surface area contributed by atoms with Crippen LogP contribution in [0.1, 0.15) is 24.0 Å². The minimum atomic E-state index is -0.265. The van der Waals surface area contributed by atoms with Gasteiger partial charge in [0.25, 0.3) is 5.91 Å². The summed E-state index contributed by atoms with van der Waals surface area (Å²) in [4.78, 5) is 12.6. The largest absolute Gasteiger partial charge is 0.272 e. The van der Waals surface area contributed by atoms with Crippen molar-refractivity contribution < 1.29 is 4.79 Å². The molecule has 0 saturated heterocycles. The van der Waals surface area contributed by atoms with E-state index < -0.39 is 0 Å². The van der Waals surface area contributed by atoms with Gasteiger partial charge in [0.05, 0.1) is 12.3 Å². The first-order valence-electron chi connectivity index (χ1n) is 6.81. The highest BCUT2D eigenvalue weighted by Gasteiger charge is 2.34. The Morgan fingerprint density at radius 1 is 1.10 bits per heavy atom. The van der Waals surface area contributed by atoms with E-state index in [1.54, 1.807) is 0 Å². The summed E-state index contributed by atoms with van der Waals surface area (Å²) in [6.07, 6.45) is 0. The molecule has 106 valence electrons. The first-order valence-corrected chi connectivity index (χ1v) is 7.19. The third kappa shape index (κ3) is 2.83. The average molecular weight is 299 g/mol. The van der Waals surface area contributed by atoms with Crippen molar-refractivity contribution in [3.8, 4) is 0 Å². The molecule has 4 heteroatoms. The molecule has 3 rings (SSSR count). The molecule has 0 N–H and O–H groups in total. The van der Waals surface area contributed by atoms with Gasteiger partial charge in [-0.2, -0.15) is 5.10 Å². The Morgan fingerprint density at radius 3 is 2.43 bits per heavy atom. The lowest BCUT2D eigenvalue weighted by Crippen LogP contribution is -2.25. The molecule has 0 bridgehead atoms. The van der Waals surface area contributed by atoms with Crippen molar-refractivity contribution in [2.24, 2.45) is 5.10 Å². The fourth-order valence-electron chi connectivity index (χ4n) is 2.53. The van der Waals surface area contributed by atoms with Gasteiger partial charge in [-0.1, -0.05) is 54.1 Å². The molecule has 1 aliphatic heterocycles. The molecule has 1 unspecified atom stereocenters. The Hall–Kier alpha value is -2.13. The van der Waals surface area contributed by atoms with Gasteiger partial charge >= 0.3 is 0 Å². The van der Waals surface area contributed by atoms with Crippen molar-refractivity contribution in [2.75, 3.05) is 0 Å². The number of nitrogens with zero attached hydrogens (tertiary/aromatic N) is 2. The predicted molar refractivity (Wildman–Crippen MR) is 84.3 cm³/mol. The van der Waals surface area contributed by atoms with Crippen LogP contribution in [0.2, 0.25) is 5.02 Å². The molecule has 1 atom stereocenters. The average Bonchev–Trinajstić information content (AvgIpc) is 2.77. The minimum absolute atomic E-state index is 0.0219. The van der Waals surface area contributed by atoms with Crippen LogP contribution >= 0.6 is 11.6 Å². The van der Waals surface area contributed by atoms with Gasteiger partial charge in [0.1, 0.15) is 5.92 Å². The lowest BCUT2D eigenvalue weighted by atomic mass is 9.95. The Labute approximate surface area is 128 Å². The van der Waals surface area contributed by atoms with Crippen LogP contribution < -0.4 is 0 Å². The van der Waals surface area contributed by atoms with Crippen LogP contribution in [-0.2, 0) is 11.3 Å². The standard InChI is InChI=1S/C17H15ClN2O/c1-12-16(14-5-3-2-4-6-14)17(21)20(19-12)11-13-7-9-15(18)10-8-13/h2-10,16H,11H2,1H3. The fraction of sp³-hybridized carbons (Fsp3) is 0.176. The summed E-state index contributed by atoms with van der Waals surface area (Å²) >= 11 is 5.88. The van der Waals surface area contributed by atoms with E-state index >= 15 is 0 Å². The van der Waals surface area contributed by atoms with Crippen LogP contribution in [-0.4, -0.2) is 16.6 Å². The monoisotopic (exact) mass is 298 g/mol. The molecule has 2 aromatic rings. The van der Waals surface area contributed by atoms with Gasteiger partial charge in [-0.25, -0.2) is 5.01 Å². The highest BCUT2D eigenvalue weighted by molar-refractivity contribution is 6.30. The molecule has 0 aliphatic carbocycles. The zero-order valence-corrected chi connectivity index (χ0v) is 12.4. The van der Waals surface area contributed by atoms with Gasteiger partial charge in [0.15, 0.2) is 0 Å². The lowest BCUT2D eigenvalue weighted by molar-refractivity contribution is -0.130. The van der Waals surface area contributed by atoms with Crippen molar-refractivity contribution in [1.29, 1.82) is 0 Å². The molecule has 0 spiro atoms. The highest BCUT2D eigenvalue weighted by atomic mass is 35.5. The topological polar surface area (TPSA) is 32.7 Å². The van der Waals surface area contributed by atoms with E-state index in [2.05, 4.69) is 5.10 Å². The molecular formula is C17H15ClN2O. The molecule has 0 aromatic heterocycles. The SMILES string of the molecule is CC1=NN(Cc2ccc(Cl)cc2)C(=O)C1c1ccccc1. The maximum atomic E-state index is 12.6. The van der Waals surface area contributed by atoms with Gasteiger partial charge in [-0.3, -0.25) is 4.79 Å². The Morgan fingerprint density at radius 2 is 1.76 bits per heavy atom. The van der Waals surface area contributed by atoms with Crippen LogP contribution in [0.3, 0.4) is 0 Å². The molecule has 0 radical (unpaired) electrons. The number of amides is 1. The summed E-state index contributed by atoms with van der Waals surface area (Å²) in [5, 5.41) is 6.64. The molecule has 2 aromatic carbocycles. The van der Waals surface area contributed by atoms with E-state index in [1.807, 2.05) is 61.5 Å². The third-order valence-electron chi connectivity index (χ3n) is 3.58. The molecule has 21 heavy (non-hydrogen) atoms. The number of hydrogen-bond acceptors (Lipinski definition) is 2. The summed E-state index contributed by atoms with van der Waals surface area (Å²) in [5.74, 6) is -0.243. The summed E-state index contributed by atoms with van der Waals surface area (Å²) in [6.45, 7) is 2.37. The second-order valence-electron chi connectivity index (χ2n) is 5.11. The Bertz CT molecular complexity index is 680. The number of hydrogen-bond donors (Lipinski definition) is 0. The number of rotatable bonds is 3. The van der Waals surface area contributed by atoms with Crippen LogP contribution in [0.4, 0.5) is 0 Å². The van der Waals surface area contributed by atoms with Crippen molar-refractivity contribution in [3.05, 3.63) is 70.7 Å². The Balaban J connectivity index is 1.80. The van der Waals surface area contributed by atoms with Gasteiger partial charge < -0.3 is 0 Å². The van der Waals surface area contributed by atoms with Crippen molar-refractivity contribution in [3.63, 3.8) is 0 Å². The van der Waals surface area contributed by atoms with Gasteiger partial charge in [-0.15, -0.1) is 0 Å². The van der Waals surface area contributed by atoms with E-state index in [1.165, 1.54) is 5.01 Å². The second-order valence-corrected chi connectivity index (χ2v) is 5.54. The number of benzene rings is 2. The molecule has 3 nitrogen and oxygen atoms in total. The van der Waals surface area contributed by atoms with E-state index in [-0.39, 0.29) is 11.8 Å². The van der Waals surface area contributed by atoms with Crippen LogP contribution in [0.25, 0.3) is 0 Å². The number of carbonyl (C=O) groups is 1. The summed E-state index contributed by atoms with van der Waals surface area (Å²) < 4.78 is 0. The van der Waals surface area contributed by atoms with E-state index in [4.69, 9.17) is 11.6 Å². The quantitative estimate of drug-likeness (QED) is 0.847. The number of carbonyl (C=O) groups excluding carboxylic acids is 1. The molecule has 0 fully saturated rings. The smallest absolute Gasteiger partial charge is 0.256 e. The van der Waals surface area contributed by atoms with Crippen molar-refractivity contribution in [1.82, 2.24) is 5.01 Å². The first kappa shape index (κ1) is 13.8. The maximum absolute atomic E-state index is 12.6. The summed E-state index contributed by atoms with van der Waals surface area (Å²) in [5.41, 5.74) is 2.83. The number of halogens is 1. The zero-order valence-electron chi connectivity index (χ0n) is 11.7. The van der Waals surface area contributed by atoms with Crippen LogP contribution in [0.5, 0.6) is 0 Å². The van der Waals surface area contributed by atoms with Gasteiger partial charge in [0.2, 0.25) is 0 Å². The highest BCUT2D eigenvalue weighted by Crippen LogP contribution is 2.27. The van der Waals surface area contributed by atoms with E-state index in [9.17, 15) is 4.79 Å². The van der Waals surface area contributed by atoms with Crippen molar-refractivity contribution >= 4 is 23.2 Å². The van der Waals surface area contributed by atoms with Gasteiger partial charge in [-0.05, 0) is 30.2 Å². The zero-order chi connectivity index (χ0) is 14.8. The molecule has 1 heterocycles. The minimum Gasteiger partial charge on any atom is -0.272 e. The normalized spacial score (nSPS) is 18.0. The second kappa shape index (κ2) is 5.70. The van der Waals surface area contributed by atoms with Crippen molar-refractivity contribution in [2.45, 2.75) is 19.4 Å². The molecular weight excluding hydrogens is 284 g/mol. The molecule has 0 saturated carbocycles. The van der Waals surface area contributed by atoms with E-state index in [0.29, 0.717) is 11.6 Å². The number of hydrazone groups is 1. The van der Waals surface area contributed by atoms with Crippen LogP contribution in [0.15, 0.2) is 59.7 Å². The third-order valence-corrected chi connectivity index (χ3v) is 3.83. The van der Waals surface area contributed by atoms with Crippen LogP contribution in [0, 0.1) is 0 Å². The lowest BCUT2D eigenvalue weighted by Gasteiger charge is -2.14. The maximum Gasteiger partial charge on any atom is 0.256 e. The molecule has 1 aliphatic rings. The molecule has 1 amide bonds. The summed E-state index contributed by atoms with van der Waals surface area (Å²) in [6, 6.07) is 17.2. The summed E-state index contributed by atoms with van der Waals surface area (Å²) in [7, 11) is 0. The van der Waals surface area contributed by atoms with E-state index in [0.717, 1.165) is 16.8 Å². The fourth-order valence-corrected chi connectivity index (χ4v) is 2.66. The van der Waals surface area contributed by atoms with Gasteiger partial charge in [0, 0.05) is 5.02 Å².